The minimum Gasteiger partial charge on any atom is -0.497 e. The van der Waals surface area contributed by atoms with E-state index in [1.54, 1.807) is 13.2 Å². The average Bonchev–Trinajstić information content (AvgIpc) is 3.36. The standard InChI is InChI=1S/C23H25FN2O2.2H2/c1-22(2,3)20-11-14-10-19(17(24)13-18(14)25-20)26-21(27)23(8-9-23)15-6-5-7-16(12-15)28-4;;/h5-7,10-13,25H,8-9H2,1-4H3,(H,26,27);2*1H. The predicted octanol–water partition coefficient (Wildman–Crippen LogP) is 5.78. The zero-order valence-electron chi connectivity index (χ0n) is 16.7. The maximum Gasteiger partial charge on any atom is 0.235 e. The molecule has 150 valence electrons. The van der Waals surface area contributed by atoms with E-state index in [0.29, 0.717) is 5.75 Å². The van der Waals surface area contributed by atoms with E-state index in [9.17, 15) is 9.18 Å². The van der Waals surface area contributed by atoms with Gasteiger partial charge in [-0.05, 0) is 42.7 Å². The van der Waals surface area contributed by atoms with Gasteiger partial charge in [0, 0.05) is 30.9 Å². The van der Waals surface area contributed by atoms with Gasteiger partial charge in [0.05, 0.1) is 18.2 Å². The molecule has 1 fully saturated rings. The van der Waals surface area contributed by atoms with Crippen molar-refractivity contribution in [1.82, 2.24) is 4.98 Å². The van der Waals surface area contributed by atoms with Crippen LogP contribution in [0.3, 0.4) is 0 Å². The predicted molar refractivity (Wildman–Crippen MR) is 114 cm³/mol. The fourth-order valence-corrected chi connectivity index (χ4v) is 3.59. The van der Waals surface area contributed by atoms with Gasteiger partial charge in [-0.1, -0.05) is 32.9 Å². The molecule has 0 unspecified atom stereocenters. The molecule has 1 heterocycles. The molecule has 1 amide bonds. The number of ether oxygens (including phenoxy) is 1. The molecule has 28 heavy (non-hydrogen) atoms. The molecule has 1 aromatic heterocycles. The van der Waals surface area contributed by atoms with Crippen molar-refractivity contribution in [2.45, 2.75) is 44.4 Å². The Bertz CT molecular complexity index is 1070. The van der Waals surface area contributed by atoms with Gasteiger partial charge in [-0.25, -0.2) is 4.39 Å². The first-order chi connectivity index (χ1) is 13.2. The van der Waals surface area contributed by atoms with E-state index in [-0.39, 0.29) is 19.9 Å². The molecular formula is C23H29FN2O2. The molecule has 1 saturated carbocycles. The van der Waals surface area contributed by atoms with Gasteiger partial charge in [-0.2, -0.15) is 0 Å². The summed E-state index contributed by atoms with van der Waals surface area (Å²) in [6.07, 6.45) is 1.49. The normalized spacial score (nSPS) is 15.5. The maximum atomic E-state index is 14.7. The van der Waals surface area contributed by atoms with E-state index in [4.69, 9.17) is 4.74 Å². The highest BCUT2D eigenvalue weighted by atomic mass is 19.1. The van der Waals surface area contributed by atoms with Crippen LogP contribution in [0.4, 0.5) is 10.1 Å². The summed E-state index contributed by atoms with van der Waals surface area (Å²) in [6.45, 7) is 6.30. The van der Waals surface area contributed by atoms with E-state index >= 15 is 0 Å². The molecule has 0 bridgehead atoms. The van der Waals surface area contributed by atoms with Gasteiger partial charge in [0.1, 0.15) is 11.6 Å². The Morgan fingerprint density at radius 3 is 2.61 bits per heavy atom. The fourth-order valence-electron chi connectivity index (χ4n) is 3.59. The van der Waals surface area contributed by atoms with Crippen molar-refractivity contribution < 1.29 is 16.8 Å². The summed E-state index contributed by atoms with van der Waals surface area (Å²) < 4.78 is 19.9. The molecule has 3 aromatic rings. The summed E-state index contributed by atoms with van der Waals surface area (Å²) in [6, 6.07) is 12.7. The third kappa shape index (κ3) is 3.15. The van der Waals surface area contributed by atoms with Crippen LogP contribution in [0, 0.1) is 5.82 Å². The van der Waals surface area contributed by atoms with Crippen LogP contribution in [0.25, 0.3) is 10.9 Å². The summed E-state index contributed by atoms with van der Waals surface area (Å²) in [5.41, 5.74) is 2.21. The highest BCUT2D eigenvalue weighted by molar-refractivity contribution is 6.02. The van der Waals surface area contributed by atoms with Crippen molar-refractivity contribution in [3.63, 3.8) is 0 Å². The van der Waals surface area contributed by atoms with Crippen LogP contribution >= 0.6 is 0 Å². The van der Waals surface area contributed by atoms with Crippen LogP contribution in [0.15, 0.2) is 42.5 Å². The number of methoxy groups -OCH3 is 1. The minimum absolute atomic E-state index is 0. The van der Waals surface area contributed by atoms with Gasteiger partial charge in [0.15, 0.2) is 0 Å². The van der Waals surface area contributed by atoms with E-state index < -0.39 is 11.2 Å². The smallest absolute Gasteiger partial charge is 0.235 e. The van der Waals surface area contributed by atoms with Gasteiger partial charge in [0.25, 0.3) is 0 Å². The highest BCUT2D eigenvalue weighted by Gasteiger charge is 2.51. The number of benzene rings is 2. The molecule has 4 nitrogen and oxygen atoms in total. The Kier molecular flexibility index (Phi) is 4.21. The SMILES string of the molecule is COc1cccc(C2(C(=O)Nc3cc4cc(C(C)(C)C)[nH]c4cc3F)CC2)c1.[HH].[HH]. The molecule has 4 rings (SSSR count). The number of hydrogen-bond acceptors (Lipinski definition) is 2. The first-order valence-electron chi connectivity index (χ1n) is 9.52. The van der Waals surface area contributed by atoms with Crippen LogP contribution < -0.4 is 10.1 Å². The minimum atomic E-state index is -0.606. The van der Waals surface area contributed by atoms with Crippen LogP contribution in [-0.4, -0.2) is 18.0 Å². The van der Waals surface area contributed by atoms with Gasteiger partial charge in [-0.15, -0.1) is 0 Å². The number of anilines is 1. The summed E-state index contributed by atoms with van der Waals surface area (Å²) in [4.78, 5) is 16.3. The summed E-state index contributed by atoms with van der Waals surface area (Å²) in [5, 5.41) is 3.70. The molecule has 0 aliphatic heterocycles. The van der Waals surface area contributed by atoms with Crippen molar-refractivity contribution >= 4 is 22.5 Å². The van der Waals surface area contributed by atoms with E-state index in [2.05, 4.69) is 31.1 Å². The second kappa shape index (κ2) is 6.36. The van der Waals surface area contributed by atoms with Crippen LogP contribution in [0.5, 0.6) is 5.75 Å². The number of carbonyl (C=O) groups is 1. The van der Waals surface area contributed by atoms with E-state index in [0.717, 1.165) is 35.0 Å². The number of H-pyrrole nitrogens is 1. The van der Waals surface area contributed by atoms with E-state index in [1.807, 2.05) is 30.3 Å². The van der Waals surface area contributed by atoms with Crippen molar-refractivity contribution in [3.05, 3.63) is 59.5 Å². The molecule has 0 atom stereocenters. The summed E-state index contributed by atoms with van der Waals surface area (Å²) in [7, 11) is 1.60. The molecular weight excluding hydrogens is 355 g/mol. The zero-order chi connectivity index (χ0) is 20.1. The number of aromatic amines is 1. The van der Waals surface area contributed by atoms with Gasteiger partial charge in [0.2, 0.25) is 5.91 Å². The number of rotatable bonds is 4. The molecule has 5 heteroatoms. The molecule has 1 aliphatic carbocycles. The quantitative estimate of drug-likeness (QED) is 0.599. The van der Waals surface area contributed by atoms with Crippen LogP contribution in [0.1, 0.15) is 47.7 Å². The second-order valence-electron chi connectivity index (χ2n) is 8.62. The number of fused-ring (bicyclic) bond motifs is 1. The van der Waals surface area contributed by atoms with Crippen molar-refractivity contribution in [2.24, 2.45) is 0 Å². The number of halogens is 1. The molecule has 0 saturated heterocycles. The first kappa shape index (κ1) is 18.5. The number of aromatic nitrogens is 1. The molecule has 0 spiro atoms. The summed E-state index contributed by atoms with van der Waals surface area (Å²) in [5.74, 6) is 0.0985. The van der Waals surface area contributed by atoms with E-state index in [1.165, 1.54) is 6.07 Å². The van der Waals surface area contributed by atoms with Gasteiger partial charge >= 0.3 is 0 Å². The third-order valence-corrected chi connectivity index (χ3v) is 5.57. The lowest BCUT2D eigenvalue weighted by Gasteiger charge is -2.17. The Balaban J connectivity index is 0.00000160. The van der Waals surface area contributed by atoms with Crippen molar-refractivity contribution in [3.8, 4) is 5.75 Å². The molecule has 0 radical (unpaired) electrons. The number of carbonyl (C=O) groups excluding carboxylic acids is 1. The Morgan fingerprint density at radius 1 is 1.21 bits per heavy atom. The highest BCUT2D eigenvalue weighted by Crippen LogP contribution is 2.49. The van der Waals surface area contributed by atoms with Gasteiger partial charge in [-0.3, -0.25) is 4.79 Å². The van der Waals surface area contributed by atoms with Crippen molar-refractivity contribution in [1.29, 1.82) is 0 Å². The van der Waals surface area contributed by atoms with Crippen LogP contribution in [-0.2, 0) is 15.6 Å². The van der Waals surface area contributed by atoms with Gasteiger partial charge < -0.3 is 15.0 Å². The molecule has 2 N–H and O–H groups in total. The lowest BCUT2D eigenvalue weighted by Crippen LogP contribution is -2.28. The van der Waals surface area contributed by atoms with Crippen LogP contribution in [0.2, 0.25) is 0 Å². The maximum absolute atomic E-state index is 14.7. The first-order valence-corrected chi connectivity index (χ1v) is 9.52. The lowest BCUT2D eigenvalue weighted by molar-refractivity contribution is -0.118. The Hall–Kier alpha value is -2.82. The zero-order valence-corrected chi connectivity index (χ0v) is 16.7. The van der Waals surface area contributed by atoms with Crippen molar-refractivity contribution in [2.75, 3.05) is 12.4 Å². The summed E-state index contributed by atoms with van der Waals surface area (Å²) >= 11 is 0. The monoisotopic (exact) mass is 384 g/mol. The fraction of sp³-hybridized carbons (Fsp3) is 0.348. The average molecular weight is 384 g/mol. The Morgan fingerprint density at radius 2 is 1.96 bits per heavy atom. The molecule has 1 aliphatic rings. The topological polar surface area (TPSA) is 54.1 Å². The second-order valence-corrected chi connectivity index (χ2v) is 8.62. The number of hydrogen-bond donors (Lipinski definition) is 2. The largest absolute Gasteiger partial charge is 0.497 e. The Labute approximate surface area is 167 Å². The third-order valence-electron chi connectivity index (χ3n) is 5.57. The lowest BCUT2D eigenvalue weighted by atomic mass is 9.92. The number of nitrogens with one attached hydrogen (secondary N) is 2. The number of amides is 1. The molecule has 2 aromatic carbocycles.